The number of thioether (sulfide) groups is 2. The third-order valence-corrected chi connectivity index (χ3v) is 5.39. The minimum Gasteiger partial charge on any atom is -0.333 e. The van der Waals surface area contributed by atoms with Crippen molar-refractivity contribution in [2.45, 2.75) is 9.50 Å². The molecule has 1 amide bonds. The molecule has 0 spiro atoms. The number of carbonyl (C=O) groups excluding carboxylic acids is 1. The number of imidazole rings is 1. The molecule has 3 aromatic rings. The molecule has 9 heteroatoms. The van der Waals surface area contributed by atoms with Crippen LogP contribution in [0.15, 0.2) is 33.8 Å². The number of amides is 1. The van der Waals surface area contributed by atoms with Crippen LogP contribution in [0.4, 0.5) is 5.13 Å². The summed E-state index contributed by atoms with van der Waals surface area (Å²) in [5, 5.41) is 11.8. The highest BCUT2D eigenvalue weighted by atomic mass is 32.2. The Hall–Kier alpha value is -2.02. The molecule has 0 aliphatic heterocycles. The number of para-hydroxylation sites is 2. The summed E-state index contributed by atoms with van der Waals surface area (Å²) in [6.07, 6.45) is 5.19. The minimum absolute atomic E-state index is 0.153. The summed E-state index contributed by atoms with van der Waals surface area (Å²) in [4.78, 5) is 19.5. The van der Waals surface area contributed by atoms with Gasteiger partial charge in [-0.05, 0) is 12.1 Å². The van der Waals surface area contributed by atoms with Crippen molar-refractivity contribution in [3.63, 3.8) is 0 Å². The van der Waals surface area contributed by atoms with Gasteiger partial charge in [0.2, 0.25) is 11.0 Å². The maximum atomic E-state index is 12.0. The van der Waals surface area contributed by atoms with E-state index in [1.165, 1.54) is 34.9 Å². The molecule has 6 nitrogen and oxygen atoms in total. The van der Waals surface area contributed by atoms with E-state index in [-0.39, 0.29) is 11.7 Å². The number of hydrogen-bond donors (Lipinski definition) is 2. The van der Waals surface area contributed by atoms with Gasteiger partial charge in [-0.1, -0.05) is 52.9 Å². The van der Waals surface area contributed by atoms with E-state index < -0.39 is 0 Å². The van der Waals surface area contributed by atoms with Crippen molar-refractivity contribution in [1.29, 1.82) is 0 Å². The number of nitrogens with one attached hydrogen (secondary N) is 2. The van der Waals surface area contributed by atoms with Gasteiger partial charge in [0, 0.05) is 0 Å². The molecule has 116 valence electrons. The van der Waals surface area contributed by atoms with Crippen molar-refractivity contribution in [1.82, 2.24) is 20.2 Å². The molecule has 23 heavy (non-hydrogen) atoms. The first-order chi connectivity index (χ1) is 11.2. The number of aromatic nitrogens is 4. The quantitative estimate of drug-likeness (QED) is 0.399. The molecular formula is C14H11N5OS3. The molecule has 2 aromatic heterocycles. The van der Waals surface area contributed by atoms with Crippen LogP contribution in [0.2, 0.25) is 0 Å². The third-order valence-electron chi connectivity index (χ3n) is 2.64. The monoisotopic (exact) mass is 361 g/mol. The molecule has 3 rings (SSSR count). The van der Waals surface area contributed by atoms with Crippen LogP contribution < -0.4 is 5.32 Å². The lowest BCUT2D eigenvalue weighted by atomic mass is 10.3. The number of terminal acetylenes is 1. The molecular weight excluding hydrogens is 350 g/mol. The Labute approximate surface area is 144 Å². The van der Waals surface area contributed by atoms with Crippen molar-refractivity contribution in [3.05, 3.63) is 24.3 Å². The molecule has 2 heterocycles. The van der Waals surface area contributed by atoms with Gasteiger partial charge in [0.1, 0.15) is 0 Å². The highest BCUT2D eigenvalue weighted by molar-refractivity contribution is 8.01. The van der Waals surface area contributed by atoms with E-state index in [0.29, 0.717) is 16.0 Å². The normalized spacial score (nSPS) is 10.6. The fourth-order valence-corrected chi connectivity index (χ4v) is 3.84. The lowest BCUT2D eigenvalue weighted by molar-refractivity contribution is -0.113. The molecule has 2 N–H and O–H groups in total. The molecule has 1 aromatic carbocycles. The average molecular weight is 361 g/mol. The average Bonchev–Trinajstić information content (AvgIpc) is 3.17. The lowest BCUT2D eigenvalue weighted by Gasteiger charge is -1.98. The number of hydrogen-bond acceptors (Lipinski definition) is 7. The lowest BCUT2D eigenvalue weighted by Crippen LogP contribution is -2.13. The number of aromatic amines is 1. The Bertz CT molecular complexity index is 834. The molecule has 0 aliphatic carbocycles. The number of benzene rings is 1. The first-order valence-electron chi connectivity index (χ1n) is 6.52. The number of fused-ring (bicyclic) bond motifs is 1. The maximum absolute atomic E-state index is 12.0. The number of anilines is 1. The van der Waals surface area contributed by atoms with E-state index in [2.05, 4.69) is 31.4 Å². The topological polar surface area (TPSA) is 83.6 Å². The van der Waals surface area contributed by atoms with E-state index in [0.717, 1.165) is 15.4 Å². The second-order valence-corrected chi connectivity index (χ2v) is 7.43. The first kappa shape index (κ1) is 15.9. The van der Waals surface area contributed by atoms with E-state index >= 15 is 0 Å². The largest absolute Gasteiger partial charge is 0.333 e. The van der Waals surface area contributed by atoms with Gasteiger partial charge < -0.3 is 4.98 Å². The molecule has 0 atom stereocenters. The van der Waals surface area contributed by atoms with Crippen LogP contribution in [0.25, 0.3) is 11.0 Å². The Balaban J connectivity index is 1.53. The summed E-state index contributed by atoms with van der Waals surface area (Å²) in [5.41, 5.74) is 1.84. The molecule has 0 saturated carbocycles. The number of nitrogens with zero attached hydrogens (tertiary/aromatic N) is 3. The van der Waals surface area contributed by atoms with Gasteiger partial charge in [-0.15, -0.1) is 16.6 Å². The van der Waals surface area contributed by atoms with Crippen molar-refractivity contribution in [3.8, 4) is 12.3 Å². The second kappa shape index (κ2) is 7.50. The highest BCUT2D eigenvalue weighted by Crippen LogP contribution is 2.25. The Morgan fingerprint density at radius 1 is 1.35 bits per heavy atom. The highest BCUT2D eigenvalue weighted by Gasteiger charge is 2.10. The van der Waals surface area contributed by atoms with Gasteiger partial charge in [-0.25, -0.2) is 4.98 Å². The smallest absolute Gasteiger partial charge is 0.236 e. The van der Waals surface area contributed by atoms with E-state index in [9.17, 15) is 4.79 Å². The first-order valence-corrected chi connectivity index (χ1v) is 9.30. The predicted molar refractivity (Wildman–Crippen MR) is 94.9 cm³/mol. The summed E-state index contributed by atoms with van der Waals surface area (Å²) >= 11 is 4.07. The summed E-state index contributed by atoms with van der Waals surface area (Å²) in [6, 6.07) is 7.73. The fourth-order valence-electron chi connectivity index (χ4n) is 1.71. The van der Waals surface area contributed by atoms with Gasteiger partial charge in [0.25, 0.3) is 0 Å². The number of H-pyrrole nitrogens is 1. The van der Waals surface area contributed by atoms with E-state index in [4.69, 9.17) is 6.42 Å². The Kier molecular flexibility index (Phi) is 5.17. The Morgan fingerprint density at radius 2 is 2.22 bits per heavy atom. The predicted octanol–water partition coefficient (Wildman–Crippen LogP) is 2.87. The van der Waals surface area contributed by atoms with Crippen molar-refractivity contribution >= 4 is 56.9 Å². The minimum atomic E-state index is -0.153. The fraction of sp³-hybridized carbons (Fsp3) is 0.143. The van der Waals surface area contributed by atoms with Gasteiger partial charge in [-0.3, -0.25) is 10.1 Å². The van der Waals surface area contributed by atoms with Crippen molar-refractivity contribution in [2.75, 3.05) is 16.8 Å². The van der Waals surface area contributed by atoms with E-state index in [1.807, 2.05) is 24.3 Å². The standard InChI is InChI=1S/C14H11N5OS3/c1-2-7-21-14-19-18-13(23-14)17-11(20)8-22-12-15-9-5-3-4-6-10(9)16-12/h1,3-6H,7-8H2,(H,15,16)(H,17,18,20). The van der Waals surface area contributed by atoms with Crippen LogP contribution in [0.3, 0.4) is 0 Å². The zero-order valence-electron chi connectivity index (χ0n) is 11.8. The van der Waals surface area contributed by atoms with Crippen LogP contribution in [0.1, 0.15) is 0 Å². The molecule has 0 aliphatic rings. The SMILES string of the molecule is C#CCSc1nnc(NC(=O)CSc2nc3ccccc3[nH]2)s1. The van der Waals surface area contributed by atoms with Crippen molar-refractivity contribution < 1.29 is 4.79 Å². The Morgan fingerprint density at radius 3 is 3.04 bits per heavy atom. The molecule has 0 radical (unpaired) electrons. The van der Waals surface area contributed by atoms with Crippen LogP contribution >= 0.6 is 34.9 Å². The summed E-state index contributed by atoms with van der Waals surface area (Å²) < 4.78 is 0.739. The van der Waals surface area contributed by atoms with E-state index in [1.54, 1.807) is 0 Å². The number of rotatable bonds is 6. The van der Waals surface area contributed by atoms with Crippen LogP contribution in [-0.4, -0.2) is 37.6 Å². The van der Waals surface area contributed by atoms with Gasteiger partial charge in [0.15, 0.2) is 9.50 Å². The molecule has 0 fully saturated rings. The van der Waals surface area contributed by atoms with Crippen molar-refractivity contribution in [2.24, 2.45) is 0 Å². The molecule has 0 bridgehead atoms. The zero-order valence-corrected chi connectivity index (χ0v) is 14.2. The molecule has 0 saturated heterocycles. The van der Waals surface area contributed by atoms with Gasteiger partial charge >= 0.3 is 0 Å². The summed E-state index contributed by atoms with van der Waals surface area (Å²) in [6.45, 7) is 0. The number of carbonyl (C=O) groups is 1. The third kappa shape index (κ3) is 4.25. The van der Waals surface area contributed by atoms with Gasteiger partial charge in [0.05, 0.1) is 22.5 Å². The van der Waals surface area contributed by atoms with Crippen LogP contribution in [0.5, 0.6) is 0 Å². The second-order valence-electron chi connectivity index (χ2n) is 4.26. The summed E-state index contributed by atoms with van der Waals surface area (Å²) in [5.74, 6) is 3.14. The summed E-state index contributed by atoms with van der Waals surface area (Å²) in [7, 11) is 0. The van der Waals surface area contributed by atoms with Gasteiger partial charge in [-0.2, -0.15) is 0 Å². The molecule has 0 unspecified atom stereocenters. The van der Waals surface area contributed by atoms with Crippen LogP contribution in [0, 0.1) is 12.3 Å². The van der Waals surface area contributed by atoms with Crippen LogP contribution in [-0.2, 0) is 4.79 Å². The maximum Gasteiger partial charge on any atom is 0.236 e. The zero-order chi connectivity index (χ0) is 16.1.